The summed E-state index contributed by atoms with van der Waals surface area (Å²) in [7, 11) is 0. The van der Waals surface area contributed by atoms with Crippen LogP contribution in [0.15, 0.2) is 53.5 Å². The summed E-state index contributed by atoms with van der Waals surface area (Å²) in [5, 5.41) is 3.59. The Labute approximate surface area is 225 Å². The van der Waals surface area contributed by atoms with Crippen molar-refractivity contribution in [3.8, 4) is 5.75 Å². The Kier molecular flexibility index (Phi) is 8.50. The first-order valence-corrected chi connectivity index (χ1v) is 12.8. The van der Waals surface area contributed by atoms with Crippen LogP contribution in [0.2, 0.25) is 5.02 Å². The predicted molar refractivity (Wildman–Crippen MR) is 143 cm³/mol. The monoisotopic (exact) mass is 543 g/mol. The van der Waals surface area contributed by atoms with Gasteiger partial charge in [-0.2, -0.15) is 0 Å². The molecule has 202 valence electrons. The minimum Gasteiger partial charge on any atom is -0.488 e. The summed E-state index contributed by atoms with van der Waals surface area (Å²) >= 11 is 6.02. The van der Waals surface area contributed by atoms with Crippen LogP contribution in [-0.4, -0.2) is 40.4 Å². The molecule has 1 N–H and O–H groups in total. The fraction of sp³-hybridized carbons (Fsp3) is 0.393. The quantitative estimate of drug-likeness (QED) is 0.400. The van der Waals surface area contributed by atoms with Gasteiger partial charge in [0.05, 0.1) is 31.8 Å². The average Bonchev–Trinajstić information content (AvgIpc) is 2.85. The Morgan fingerprint density at radius 3 is 2.53 bits per heavy atom. The fourth-order valence-corrected chi connectivity index (χ4v) is 4.07. The number of nitrogens with one attached hydrogen (secondary N) is 1. The molecule has 8 nitrogen and oxygen atoms in total. The van der Waals surface area contributed by atoms with Crippen molar-refractivity contribution >= 4 is 29.0 Å². The van der Waals surface area contributed by atoms with Crippen LogP contribution in [-0.2, 0) is 27.2 Å². The molecule has 38 heavy (non-hydrogen) atoms. The van der Waals surface area contributed by atoms with Crippen molar-refractivity contribution in [2.24, 2.45) is 5.92 Å². The van der Waals surface area contributed by atoms with Gasteiger partial charge in [0, 0.05) is 35.0 Å². The zero-order chi connectivity index (χ0) is 27.4. The number of anilines is 2. The zero-order valence-electron chi connectivity index (χ0n) is 21.8. The van der Waals surface area contributed by atoms with Gasteiger partial charge in [-0.3, -0.25) is 14.2 Å². The Hall–Kier alpha value is -3.27. The van der Waals surface area contributed by atoms with Gasteiger partial charge in [-0.05, 0) is 57.5 Å². The number of ketones is 1. The molecular weight excluding hydrogens is 513 g/mol. The third-order valence-corrected chi connectivity index (χ3v) is 6.26. The van der Waals surface area contributed by atoms with Gasteiger partial charge in [0.1, 0.15) is 5.78 Å². The van der Waals surface area contributed by atoms with E-state index in [4.69, 9.17) is 25.8 Å². The number of benzene rings is 2. The van der Waals surface area contributed by atoms with E-state index in [1.807, 2.05) is 13.8 Å². The molecule has 1 fully saturated rings. The van der Waals surface area contributed by atoms with Crippen molar-refractivity contribution in [1.29, 1.82) is 0 Å². The topological polar surface area (TPSA) is 91.7 Å². The molecule has 0 spiro atoms. The third-order valence-electron chi connectivity index (χ3n) is 6.01. The lowest BCUT2D eigenvalue weighted by molar-refractivity contribution is -0.258. The first-order valence-electron chi connectivity index (χ1n) is 12.4. The molecule has 1 saturated heterocycles. The van der Waals surface area contributed by atoms with Gasteiger partial charge in [-0.1, -0.05) is 23.7 Å². The number of hydrogen-bond donors (Lipinski definition) is 1. The highest BCUT2D eigenvalue weighted by Gasteiger charge is 2.32. The maximum atomic E-state index is 14.6. The van der Waals surface area contributed by atoms with Crippen molar-refractivity contribution in [1.82, 2.24) is 9.55 Å². The minimum absolute atomic E-state index is 0.111. The third kappa shape index (κ3) is 6.98. The lowest BCUT2D eigenvalue weighted by Gasteiger charge is -2.34. The van der Waals surface area contributed by atoms with Gasteiger partial charge < -0.3 is 19.5 Å². The first-order chi connectivity index (χ1) is 18.0. The van der Waals surface area contributed by atoms with Crippen molar-refractivity contribution < 1.29 is 23.4 Å². The predicted octanol–water partition coefficient (Wildman–Crippen LogP) is 5.13. The second-order valence-corrected chi connectivity index (χ2v) is 10.4. The van der Waals surface area contributed by atoms with Crippen molar-refractivity contribution in [2.75, 3.05) is 18.5 Å². The Morgan fingerprint density at radius 1 is 1.21 bits per heavy atom. The highest BCUT2D eigenvalue weighted by molar-refractivity contribution is 6.30. The lowest BCUT2D eigenvalue weighted by atomic mass is 9.99. The van der Waals surface area contributed by atoms with Crippen LogP contribution >= 0.6 is 11.6 Å². The second-order valence-electron chi connectivity index (χ2n) is 9.92. The van der Waals surface area contributed by atoms with Gasteiger partial charge >= 0.3 is 0 Å². The number of Topliss-reactive ketones (excluding diaryl/α,β-unsaturated/α-hetero) is 1. The summed E-state index contributed by atoms with van der Waals surface area (Å²) < 4.78 is 32.7. The number of rotatable bonds is 9. The molecule has 0 atom stereocenters. The molecular formula is C28H31ClFN3O5. The van der Waals surface area contributed by atoms with Crippen LogP contribution in [0.5, 0.6) is 5.75 Å². The maximum Gasteiger partial charge on any atom is 0.258 e. The van der Waals surface area contributed by atoms with E-state index in [2.05, 4.69) is 10.3 Å². The van der Waals surface area contributed by atoms with Crippen LogP contribution in [0.25, 0.3) is 0 Å². The van der Waals surface area contributed by atoms with Crippen LogP contribution in [0.4, 0.5) is 16.0 Å². The molecule has 0 amide bonds. The van der Waals surface area contributed by atoms with Gasteiger partial charge in [0.15, 0.2) is 17.4 Å². The largest absolute Gasteiger partial charge is 0.488 e. The second kappa shape index (κ2) is 11.6. The van der Waals surface area contributed by atoms with Gasteiger partial charge in [-0.25, -0.2) is 9.37 Å². The lowest BCUT2D eigenvalue weighted by Crippen LogP contribution is -2.43. The normalized spacial score (nSPS) is 15.4. The highest BCUT2D eigenvalue weighted by Crippen LogP contribution is 2.25. The highest BCUT2D eigenvalue weighted by atomic mass is 35.5. The van der Waals surface area contributed by atoms with E-state index < -0.39 is 17.5 Å². The van der Waals surface area contributed by atoms with Crippen molar-refractivity contribution in [3.63, 3.8) is 0 Å². The molecule has 0 radical (unpaired) electrons. The SMILES string of the molecule is CC(C)Oc1ccc(Nc2ncc(CC(=O)C3COC(C)(C)OC3)c(=O)n2Cc2ccc(Cl)cc2)cc1F. The number of nitrogens with zero attached hydrogens (tertiary/aromatic N) is 2. The van der Waals surface area contributed by atoms with Crippen LogP contribution in [0.1, 0.15) is 38.8 Å². The number of ether oxygens (including phenoxy) is 3. The first kappa shape index (κ1) is 27.8. The van der Waals surface area contributed by atoms with Gasteiger partial charge in [-0.15, -0.1) is 0 Å². The van der Waals surface area contributed by atoms with Crippen LogP contribution in [0.3, 0.4) is 0 Å². The number of aromatic nitrogens is 2. The van der Waals surface area contributed by atoms with Crippen molar-refractivity contribution in [2.45, 2.75) is 52.6 Å². The van der Waals surface area contributed by atoms with E-state index in [-0.39, 0.29) is 60.9 Å². The van der Waals surface area contributed by atoms with Crippen molar-refractivity contribution in [3.05, 3.63) is 81.0 Å². The molecule has 10 heteroatoms. The maximum absolute atomic E-state index is 14.6. The molecule has 0 unspecified atom stereocenters. The summed E-state index contributed by atoms with van der Waals surface area (Å²) in [4.78, 5) is 30.9. The molecule has 1 aromatic heterocycles. The van der Waals surface area contributed by atoms with Gasteiger partial charge in [0.25, 0.3) is 5.56 Å². The molecule has 2 aromatic carbocycles. The van der Waals surface area contributed by atoms with E-state index in [1.165, 1.54) is 22.9 Å². The molecule has 0 saturated carbocycles. The number of hydrogen-bond acceptors (Lipinski definition) is 7. The summed E-state index contributed by atoms with van der Waals surface area (Å²) in [6.07, 6.45) is 1.09. The number of halogens is 2. The van der Waals surface area contributed by atoms with E-state index >= 15 is 0 Å². The molecule has 1 aliphatic heterocycles. The van der Waals surface area contributed by atoms with Crippen LogP contribution in [0, 0.1) is 11.7 Å². The average molecular weight is 544 g/mol. The number of carbonyl (C=O) groups excluding carboxylic acids is 1. The van der Waals surface area contributed by atoms with E-state index in [9.17, 15) is 14.0 Å². The molecule has 4 rings (SSSR count). The molecule has 2 heterocycles. The summed E-state index contributed by atoms with van der Waals surface area (Å²) in [6, 6.07) is 11.5. The zero-order valence-corrected chi connectivity index (χ0v) is 22.5. The number of carbonyl (C=O) groups is 1. The molecule has 0 bridgehead atoms. The van der Waals surface area contributed by atoms with E-state index in [0.717, 1.165) is 5.56 Å². The van der Waals surface area contributed by atoms with E-state index in [1.54, 1.807) is 44.2 Å². The molecule has 1 aliphatic rings. The molecule has 3 aromatic rings. The summed E-state index contributed by atoms with van der Waals surface area (Å²) in [5.74, 6) is -1.59. The fourth-order valence-electron chi connectivity index (χ4n) is 3.94. The Balaban J connectivity index is 1.62. The standard InChI is InChI=1S/C28H31ClFN3O5/c1-17(2)38-25-10-9-22(12-23(25)30)32-27-31-13-19(11-24(34)20-15-36-28(3,4)37-16-20)26(35)33(27)14-18-5-7-21(29)8-6-18/h5-10,12-13,17,20H,11,14-16H2,1-4H3,(H,31,32). The van der Waals surface area contributed by atoms with E-state index in [0.29, 0.717) is 10.7 Å². The Bertz CT molecular complexity index is 1350. The van der Waals surface area contributed by atoms with Crippen LogP contribution < -0.4 is 15.6 Å². The minimum atomic E-state index is -0.741. The summed E-state index contributed by atoms with van der Waals surface area (Å²) in [6.45, 7) is 7.80. The molecule has 0 aliphatic carbocycles. The Morgan fingerprint density at radius 2 is 1.89 bits per heavy atom. The smallest absolute Gasteiger partial charge is 0.258 e. The van der Waals surface area contributed by atoms with Gasteiger partial charge in [0.2, 0.25) is 5.95 Å². The summed E-state index contributed by atoms with van der Waals surface area (Å²) in [5.41, 5.74) is 1.04.